The van der Waals surface area contributed by atoms with Gasteiger partial charge in [0.05, 0.1) is 0 Å². The van der Waals surface area contributed by atoms with E-state index in [2.05, 4.69) is 11.2 Å². The Labute approximate surface area is 50.1 Å². The van der Waals surface area contributed by atoms with Crippen molar-refractivity contribution in [3.8, 4) is 0 Å². The molecule has 0 heterocycles. The van der Waals surface area contributed by atoms with Crippen molar-refractivity contribution in [2.24, 2.45) is 0 Å². The van der Waals surface area contributed by atoms with Crippen LogP contribution in [0.25, 0.3) is 0 Å². The zero-order valence-electron chi connectivity index (χ0n) is 2.35. The molecule has 0 N–H and O–H groups in total. The van der Waals surface area contributed by atoms with Crippen molar-refractivity contribution in [1.29, 1.82) is 0 Å². The summed E-state index contributed by atoms with van der Waals surface area (Å²) in [6, 6.07) is 0. The molecule has 0 saturated carbocycles. The Balaban J connectivity index is 0. The molecule has 0 aromatic rings. The van der Waals surface area contributed by atoms with Crippen molar-refractivity contribution in [2.75, 3.05) is 0 Å². The first-order chi connectivity index (χ1) is 2.00. The third-order valence-corrected chi connectivity index (χ3v) is 0. The van der Waals surface area contributed by atoms with Crippen molar-refractivity contribution < 1.29 is 31.4 Å². The molecule has 0 amide bonds. The molecule has 0 aliphatic carbocycles. The Morgan fingerprint density at radius 3 is 1.50 bits per heavy atom. The molecule has 0 bridgehead atoms. The van der Waals surface area contributed by atoms with Crippen LogP contribution in [0.2, 0.25) is 0 Å². The van der Waals surface area contributed by atoms with Gasteiger partial charge in [-0.1, -0.05) is 11.2 Å². The second-order valence-electron chi connectivity index (χ2n) is 0.431. The van der Waals surface area contributed by atoms with Crippen LogP contribution in [-0.2, 0) is 21.6 Å². The van der Waals surface area contributed by atoms with Crippen molar-refractivity contribution in [3.05, 3.63) is 0 Å². The molecule has 0 fully saturated rings. The molecule has 0 aliphatic rings. The fourth-order valence-electron chi connectivity index (χ4n) is 0. The molecule has 41 valence electrons. The fraction of sp³-hybridized carbons (Fsp3) is 0. The minimum Gasteiger partial charge on any atom is -0.799 e. The van der Waals surface area contributed by atoms with Crippen molar-refractivity contribution in [3.63, 3.8) is 0 Å². The second-order valence-corrected chi connectivity index (χ2v) is 2.53. The average Bonchev–Trinajstić information content (AvgIpc) is 0.722. The van der Waals surface area contributed by atoms with E-state index in [0.717, 1.165) is 0 Å². The maximum absolute atomic E-state index is 8.87. The zero-order valence-corrected chi connectivity index (χ0v) is 4.94. The summed E-state index contributed by atoms with van der Waals surface area (Å²) in [5, 5.41) is 0. The van der Waals surface area contributed by atoms with Gasteiger partial charge in [0.25, 0.3) is 0 Å². The average molecular weight is 178 g/mol. The van der Waals surface area contributed by atoms with Gasteiger partial charge in [-0.25, -0.2) is 0 Å². The summed E-state index contributed by atoms with van der Waals surface area (Å²) in [6.45, 7) is -4.67. The third kappa shape index (κ3) is 84.5. The smallest absolute Gasteiger partial charge is 0.799 e. The van der Waals surface area contributed by atoms with Gasteiger partial charge in [0, 0.05) is 6.95 Å². The molecule has 0 spiro atoms. The van der Waals surface area contributed by atoms with Gasteiger partial charge in [0.2, 0.25) is 0 Å². The summed E-state index contributed by atoms with van der Waals surface area (Å²) in [6.07, 6.45) is 0. The van der Waals surface area contributed by atoms with Gasteiger partial charge in [-0.05, 0) is 0 Å². The largest absolute Gasteiger partial charge is 2.00 e. The molecule has 0 aromatic heterocycles. The predicted octanol–water partition coefficient (Wildman–Crippen LogP) is -0.949. The number of hydrogen-bond donors (Lipinski definition) is 0. The SMILES string of the molecule is O=P([O-])([O-])Cl.[Cu+2]. The number of hydrogen-bond acceptors (Lipinski definition) is 3. The van der Waals surface area contributed by atoms with E-state index in [0.29, 0.717) is 0 Å². The van der Waals surface area contributed by atoms with Crippen LogP contribution >= 0.6 is 18.2 Å². The van der Waals surface area contributed by atoms with Crippen molar-refractivity contribution in [2.45, 2.75) is 0 Å². The molecule has 6 heavy (non-hydrogen) atoms. The molecule has 6 heteroatoms. The van der Waals surface area contributed by atoms with Crippen molar-refractivity contribution in [1.82, 2.24) is 0 Å². The Morgan fingerprint density at radius 1 is 1.50 bits per heavy atom. The summed E-state index contributed by atoms with van der Waals surface area (Å²) in [5.74, 6) is 0. The van der Waals surface area contributed by atoms with Gasteiger partial charge in [-0.15, -0.1) is 0 Å². The zero-order chi connectivity index (χ0) is 4.50. The van der Waals surface area contributed by atoms with Gasteiger partial charge >= 0.3 is 17.1 Å². The van der Waals surface area contributed by atoms with E-state index < -0.39 is 6.95 Å². The monoisotopic (exact) mass is 177 g/mol. The van der Waals surface area contributed by atoms with Crippen LogP contribution in [0.1, 0.15) is 0 Å². The van der Waals surface area contributed by atoms with E-state index in [1.165, 1.54) is 0 Å². The topological polar surface area (TPSA) is 63.2 Å². The molecular formula is ClCuO3P. The van der Waals surface area contributed by atoms with Crippen LogP contribution in [0.5, 0.6) is 0 Å². The van der Waals surface area contributed by atoms with Gasteiger partial charge in [-0.3, -0.25) is 0 Å². The summed E-state index contributed by atoms with van der Waals surface area (Å²) < 4.78 is 8.87. The normalized spacial score (nSPS) is 9.83. The molecule has 1 radical (unpaired) electrons. The molecule has 3 nitrogen and oxygen atoms in total. The maximum atomic E-state index is 8.87. The summed E-state index contributed by atoms with van der Waals surface area (Å²) in [5.41, 5.74) is 0. The molecule has 0 atom stereocenters. The van der Waals surface area contributed by atoms with Crippen LogP contribution < -0.4 is 9.79 Å². The van der Waals surface area contributed by atoms with E-state index in [1.807, 2.05) is 0 Å². The van der Waals surface area contributed by atoms with Crippen molar-refractivity contribution >= 4 is 18.2 Å². The van der Waals surface area contributed by atoms with Gasteiger partial charge < -0.3 is 14.4 Å². The molecule has 0 saturated heterocycles. The fourth-order valence-corrected chi connectivity index (χ4v) is 0. The maximum Gasteiger partial charge on any atom is 2.00 e. The van der Waals surface area contributed by atoms with E-state index in [4.69, 9.17) is 14.4 Å². The second kappa shape index (κ2) is 3.03. The molecule has 0 rings (SSSR count). The van der Waals surface area contributed by atoms with E-state index >= 15 is 0 Å². The summed E-state index contributed by atoms with van der Waals surface area (Å²) in [7, 11) is 0. The number of halogens is 1. The first-order valence-electron chi connectivity index (χ1n) is 0.717. The van der Waals surface area contributed by atoms with E-state index in [-0.39, 0.29) is 17.1 Å². The van der Waals surface area contributed by atoms with Gasteiger partial charge in [0.15, 0.2) is 0 Å². The van der Waals surface area contributed by atoms with Crippen LogP contribution in [0.3, 0.4) is 0 Å². The minimum absolute atomic E-state index is 0. The molecule has 0 unspecified atom stereocenters. The Morgan fingerprint density at radius 2 is 1.50 bits per heavy atom. The van der Waals surface area contributed by atoms with E-state index in [1.54, 1.807) is 0 Å². The van der Waals surface area contributed by atoms with E-state index in [9.17, 15) is 0 Å². The van der Waals surface area contributed by atoms with Crippen LogP contribution in [0.15, 0.2) is 0 Å². The Hall–Kier alpha value is 0.959. The summed E-state index contributed by atoms with van der Waals surface area (Å²) >= 11 is 3.97. The van der Waals surface area contributed by atoms with Crippen LogP contribution in [0, 0.1) is 0 Å². The first kappa shape index (κ1) is 10.0. The standard InChI is InChI=1S/ClH2O3P.Cu/c1-5(2,3)4;/h(H2,2,3,4);/q;+2/p-2. The van der Waals surface area contributed by atoms with Gasteiger partial charge in [-0.2, -0.15) is 0 Å². The predicted molar refractivity (Wildman–Crippen MR) is 13.5 cm³/mol. The van der Waals surface area contributed by atoms with Gasteiger partial charge in [0.1, 0.15) is 0 Å². The quantitative estimate of drug-likeness (QED) is 0.355. The number of rotatable bonds is 0. The summed E-state index contributed by atoms with van der Waals surface area (Å²) in [4.78, 5) is 17.7. The molecular weight excluding hydrogens is 178 g/mol. The molecule has 0 aliphatic heterocycles. The van der Waals surface area contributed by atoms with Crippen LogP contribution in [0.4, 0.5) is 0 Å². The minimum atomic E-state index is -4.67. The molecule has 0 aromatic carbocycles. The van der Waals surface area contributed by atoms with Crippen LogP contribution in [-0.4, -0.2) is 0 Å². The third-order valence-electron chi connectivity index (χ3n) is 0. The Kier molecular flexibility index (Phi) is 5.07. The Bertz CT molecular complexity index is 56.9. The first-order valence-corrected chi connectivity index (χ1v) is 3.16.